The highest BCUT2D eigenvalue weighted by molar-refractivity contribution is 5.68. The summed E-state index contributed by atoms with van der Waals surface area (Å²) in [6.45, 7) is 3.28. The molecule has 3 N–H and O–H groups in total. The first kappa shape index (κ1) is 14.1. The number of aliphatic carboxylic acids is 1. The summed E-state index contributed by atoms with van der Waals surface area (Å²) in [4.78, 5) is 9.70. The number of carboxylic acids is 1. The molecule has 0 amide bonds. The van der Waals surface area contributed by atoms with E-state index in [0.29, 0.717) is 5.75 Å². The Kier molecular flexibility index (Phi) is 5.77. The van der Waals surface area contributed by atoms with E-state index in [9.17, 15) is 4.79 Å². The maximum Gasteiger partial charge on any atom is 0.305 e. The Morgan fingerprint density at radius 1 is 1.31 bits per heavy atom. The fraction of sp³-hybridized carbons (Fsp3) is 0.364. The third-order valence-electron chi connectivity index (χ3n) is 1.66. The Labute approximate surface area is 93.9 Å². The maximum atomic E-state index is 9.70. The molecule has 5 heteroatoms. The molecule has 16 heavy (non-hydrogen) atoms. The monoisotopic (exact) mass is 228 g/mol. The molecular weight excluding hydrogens is 212 g/mol. The van der Waals surface area contributed by atoms with Gasteiger partial charge in [-0.1, -0.05) is 13.8 Å². The second-order valence-electron chi connectivity index (χ2n) is 3.35. The molecule has 0 aliphatic carbocycles. The quantitative estimate of drug-likeness (QED) is 0.718. The van der Waals surface area contributed by atoms with Gasteiger partial charge in [-0.25, -0.2) is 0 Å². The number of carbonyl (C=O) groups is 1. The number of rotatable bonds is 2. The SMILES string of the molecule is CC(C)C(=O)O.COc1ccc(O)cc1O. The van der Waals surface area contributed by atoms with Crippen molar-refractivity contribution in [1.29, 1.82) is 0 Å². The van der Waals surface area contributed by atoms with Crippen molar-refractivity contribution in [3.63, 3.8) is 0 Å². The lowest BCUT2D eigenvalue weighted by Crippen LogP contribution is -2.03. The zero-order valence-electron chi connectivity index (χ0n) is 9.47. The van der Waals surface area contributed by atoms with Crippen LogP contribution in [0.5, 0.6) is 17.2 Å². The second kappa shape index (κ2) is 6.55. The first-order chi connectivity index (χ1) is 7.38. The van der Waals surface area contributed by atoms with E-state index < -0.39 is 5.97 Å². The van der Waals surface area contributed by atoms with Crippen molar-refractivity contribution in [3.8, 4) is 17.2 Å². The minimum Gasteiger partial charge on any atom is -0.508 e. The number of phenols is 2. The first-order valence-electron chi connectivity index (χ1n) is 4.67. The summed E-state index contributed by atoms with van der Waals surface area (Å²) in [6.07, 6.45) is 0. The van der Waals surface area contributed by atoms with Crippen molar-refractivity contribution >= 4 is 5.97 Å². The van der Waals surface area contributed by atoms with E-state index in [1.807, 2.05) is 0 Å². The molecule has 0 saturated heterocycles. The number of benzene rings is 1. The molecule has 0 spiro atoms. The van der Waals surface area contributed by atoms with Crippen LogP contribution in [0, 0.1) is 5.92 Å². The van der Waals surface area contributed by atoms with Crippen molar-refractivity contribution in [2.24, 2.45) is 5.92 Å². The third-order valence-corrected chi connectivity index (χ3v) is 1.66. The summed E-state index contributed by atoms with van der Waals surface area (Å²) in [5.74, 6) is -0.640. The highest BCUT2D eigenvalue weighted by atomic mass is 16.5. The van der Waals surface area contributed by atoms with E-state index in [1.54, 1.807) is 13.8 Å². The molecule has 0 aliphatic rings. The topological polar surface area (TPSA) is 87.0 Å². The number of ether oxygens (including phenoxy) is 1. The molecule has 1 rings (SSSR count). The lowest BCUT2D eigenvalue weighted by atomic mass is 10.2. The van der Waals surface area contributed by atoms with Gasteiger partial charge in [0.15, 0.2) is 11.5 Å². The fourth-order valence-corrected chi connectivity index (χ4v) is 0.678. The Balaban J connectivity index is 0.000000325. The summed E-state index contributed by atoms with van der Waals surface area (Å²) in [5, 5.41) is 25.8. The molecule has 0 heterocycles. The van der Waals surface area contributed by atoms with Crippen LogP contribution < -0.4 is 4.74 Å². The van der Waals surface area contributed by atoms with Gasteiger partial charge < -0.3 is 20.1 Å². The number of phenolic OH excluding ortho intramolecular Hbond substituents is 2. The van der Waals surface area contributed by atoms with E-state index in [-0.39, 0.29) is 17.4 Å². The molecule has 5 nitrogen and oxygen atoms in total. The van der Waals surface area contributed by atoms with Crippen molar-refractivity contribution < 1.29 is 24.9 Å². The van der Waals surface area contributed by atoms with Crippen LogP contribution in [0.4, 0.5) is 0 Å². The Hall–Kier alpha value is -1.91. The predicted octanol–water partition coefficient (Wildman–Crippen LogP) is 1.83. The number of hydrogen-bond donors (Lipinski definition) is 3. The van der Waals surface area contributed by atoms with Crippen LogP contribution in [0.3, 0.4) is 0 Å². The number of aromatic hydroxyl groups is 2. The average molecular weight is 228 g/mol. The summed E-state index contributed by atoms with van der Waals surface area (Å²) in [6, 6.07) is 4.15. The third kappa shape index (κ3) is 5.09. The van der Waals surface area contributed by atoms with Gasteiger partial charge in [0, 0.05) is 6.07 Å². The number of hydrogen-bond acceptors (Lipinski definition) is 4. The Morgan fingerprint density at radius 3 is 2.12 bits per heavy atom. The van der Waals surface area contributed by atoms with Gasteiger partial charge >= 0.3 is 5.97 Å². The van der Waals surface area contributed by atoms with Crippen LogP contribution in [-0.2, 0) is 4.79 Å². The van der Waals surface area contributed by atoms with Gasteiger partial charge in [-0.3, -0.25) is 4.79 Å². The molecule has 90 valence electrons. The number of carboxylic acid groups (broad SMARTS) is 1. The van der Waals surface area contributed by atoms with Crippen LogP contribution in [0.15, 0.2) is 18.2 Å². The van der Waals surface area contributed by atoms with Gasteiger partial charge in [-0.2, -0.15) is 0 Å². The normalized spacial score (nSPS) is 9.25. The van der Waals surface area contributed by atoms with Gasteiger partial charge in [-0.15, -0.1) is 0 Å². The van der Waals surface area contributed by atoms with E-state index in [1.165, 1.54) is 25.3 Å². The summed E-state index contributed by atoms with van der Waals surface area (Å²) >= 11 is 0. The molecule has 0 radical (unpaired) electrons. The number of methoxy groups -OCH3 is 1. The van der Waals surface area contributed by atoms with Crippen LogP contribution in [0.2, 0.25) is 0 Å². The van der Waals surface area contributed by atoms with Gasteiger partial charge in [0.05, 0.1) is 13.0 Å². The van der Waals surface area contributed by atoms with Crippen LogP contribution in [-0.4, -0.2) is 28.4 Å². The second-order valence-corrected chi connectivity index (χ2v) is 3.35. The van der Waals surface area contributed by atoms with Gasteiger partial charge in [-0.05, 0) is 12.1 Å². The predicted molar refractivity (Wildman–Crippen MR) is 58.8 cm³/mol. The summed E-state index contributed by atoms with van der Waals surface area (Å²) in [5.41, 5.74) is 0. The van der Waals surface area contributed by atoms with E-state index in [4.69, 9.17) is 20.1 Å². The average Bonchev–Trinajstić information content (AvgIpc) is 2.18. The van der Waals surface area contributed by atoms with Crippen LogP contribution in [0.25, 0.3) is 0 Å². The van der Waals surface area contributed by atoms with Crippen molar-refractivity contribution in [1.82, 2.24) is 0 Å². The molecule has 0 atom stereocenters. The van der Waals surface area contributed by atoms with E-state index in [0.717, 1.165) is 0 Å². The van der Waals surface area contributed by atoms with Crippen molar-refractivity contribution in [3.05, 3.63) is 18.2 Å². The van der Waals surface area contributed by atoms with Crippen LogP contribution in [0.1, 0.15) is 13.8 Å². The van der Waals surface area contributed by atoms with Crippen molar-refractivity contribution in [2.45, 2.75) is 13.8 Å². The zero-order valence-corrected chi connectivity index (χ0v) is 9.47. The van der Waals surface area contributed by atoms with Gasteiger partial charge in [0.2, 0.25) is 0 Å². The van der Waals surface area contributed by atoms with Gasteiger partial charge in [0.1, 0.15) is 5.75 Å². The fourth-order valence-electron chi connectivity index (χ4n) is 0.678. The minimum absolute atomic E-state index is 0.0262. The van der Waals surface area contributed by atoms with Crippen LogP contribution >= 0.6 is 0 Å². The largest absolute Gasteiger partial charge is 0.508 e. The molecule has 0 unspecified atom stereocenters. The molecule has 0 aliphatic heterocycles. The smallest absolute Gasteiger partial charge is 0.305 e. The maximum absolute atomic E-state index is 9.70. The molecule has 1 aromatic rings. The molecular formula is C11H16O5. The molecule has 0 fully saturated rings. The highest BCUT2D eigenvalue weighted by Gasteiger charge is 1.99. The Bertz CT molecular complexity index is 346. The van der Waals surface area contributed by atoms with Crippen molar-refractivity contribution in [2.75, 3.05) is 7.11 Å². The minimum atomic E-state index is -0.741. The summed E-state index contributed by atoms with van der Waals surface area (Å²) < 4.78 is 4.74. The van der Waals surface area contributed by atoms with E-state index in [2.05, 4.69) is 0 Å². The lowest BCUT2D eigenvalue weighted by Gasteiger charge is -2.01. The summed E-state index contributed by atoms with van der Waals surface area (Å²) in [7, 11) is 1.45. The zero-order chi connectivity index (χ0) is 12.7. The molecule has 1 aromatic carbocycles. The highest BCUT2D eigenvalue weighted by Crippen LogP contribution is 2.28. The Morgan fingerprint density at radius 2 is 1.81 bits per heavy atom. The lowest BCUT2D eigenvalue weighted by molar-refractivity contribution is -0.140. The molecule has 0 saturated carbocycles. The molecule has 0 aromatic heterocycles. The first-order valence-corrected chi connectivity index (χ1v) is 4.67. The standard InChI is InChI=1S/C7H8O3.C4H8O2/c1-10-7-3-2-5(8)4-6(7)9;1-3(2)4(5)6/h2-4,8-9H,1H3;3H,1-2H3,(H,5,6). The van der Waals surface area contributed by atoms with Gasteiger partial charge in [0.25, 0.3) is 0 Å². The molecule has 0 bridgehead atoms. The van der Waals surface area contributed by atoms with E-state index >= 15 is 0 Å².